The smallest absolute Gasteiger partial charge is 0.0209 e. The van der Waals surface area contributed by atoms with Gasteiger partial charge < -0.3 is 0 Å². The fourth-order valence-electron chi connectivity index (χ4n) is 1.46. The Bertz CT molecular complexity index is 204. The first-order chi connectivity index (χ1) is 7.35. The molecule has 0 aromatic heterocycles. The molecule has 0 fully saturated rings. The Hall–Kier alpha value is -0.740. The minimum absolute atomic E-state index is 1.09. The van der Waals surface area contributed by atoms with Gasteiger partial charge in [0.15, 0.2) is 0 Å². The van der Waals surface area contributed by atoms with Gasteiger partial charge in [-0.1, -0.05) is 32.8 Å². The van der Waals surface area contributed by atoms with Crippen LogP contribution in [0.5, 0.6) is 0 Å². The second-order valence-corrected chi connectivity index (χ2v) is 4.03. The monoisotopic (exact) mass is 206 g/mol. The van der Waals surface area contributed by atoms with Gasteiger partial charge in [-0.05, 0) is 50.2 Å². The summed E-state index contributed by atoms with van der Waals surface area (Å²) in [4.78, 5) is 0. The van der Waals surface area contributed by atoms with Gasteiger partial charge in [-0.15, -0.1) is 12.3 Å². The Kier molecular flexibility index (Phi) is 10.8. The van der Waals surface area contributed by atoms with Crippen LogP contribution in [-0.2, 0) is 0 Å². The molecule has 15 heavy (non-hydrogen) atoms. The summed E-state index contributed by atoms with van der Waals surface area (Å²) in [6, 6.07) is 0. The van der Waals surface area contributed by atoms with Gasteiger partial charge in [-0.3, -0.25) is 0 Å². The van der Waals surface area contributed by atoms with Crippen molar-refractivity contribution in [1.82, 2.24) is 0 Å². The lowest BCUT2D eigenvalue weighted by atomic mass is 10.0. The van der Waals surface area contributed by atoms with Crippen molar-refractivity contribution in [3.8, 4) is 0 Å². The highest BCUT2D eigenvalue weighted by atomic mass is 14.0. The van der Waals surface area contributed by atoms with Crippen LogP contribution in [0.3, 0.4) is 0 Å². The molecule has 0 unspecified atom stereocenters. The van der Waals surface area contributed by atoms with Gasteiger partial charge in [-0.2, -0.15) is 0 Å². The van der Waals surface area contributed by atoms with E-state index in [0.29, 0.717) is 0 Å². The number of hydrogen-bond acceptors (Lipinski definition) is 0. The molecule has 0 rings (SSSR count). The van der Waals surface area contributed by atoms with Crippen molar-refractivity contribution >= 4 is 0 Å². The zero-order chi connectivity index (χ0) is 11.4. The second kappa shape index (κ2) is 11.3. The molecule has 0 amide bonds. The maximum Gasteiger partial charge on any atom is -0.0209 e. The SMILES string of the molecule is C=CCCC(=C=CCCCC)CCCC. The molecule has 0 aliphatic carbocycles. The second-order valence-electron chi connectivity index (χ2n) is 4.03. The molecule has 0 aliphatic heterocycles. The number of unbranched alkanes of at least 4 members (excludes halogenated alkanes) is 3. The van der Waals surface area contributed by atoms with Crippen molar-refractivity contribution < 1.29 is 0 Å². The van der Waals surface area contributed by atoms with Crippen LogP contribution in [0.1, 0.15) is 65.2 Å². The van der Waals surface area contributed by atoms with E-state index in [2.05, 4.69) is 32.2 Å². The van der Waals surface area contributed by atoms with Crippen LogP contribution in [0.2, 0.25) is 0 Å². The summed E-state index contributed by atoms with van der Waals surface area (Å²) >= 11 is 0. The molecule has 0 saturated heterocycles. The standard InChI is InChI=1S/C15H26/c1-4-7-10-11-14-15(12-8-5-2)13-9-6-3/h5,11H,2,4,6-10,12-13H2,1,3H3. The van der Waals surface area contributed by atoms with Crippen molar-refractivity contribution in [2.24, 2.45) is 0 Å². The van der Waals surface area contributed by atoms with Crippen LogP contribution in [0.4, 0.5) is 0 Å². The molecule has 86 valence electrons. The van der Waals surface area contributed by atoms with Gasteiger partial charge in [0, 0.05) is 0 Å². The van der Waals surface area contributed by atoms with E-state index in [0.717, 1.165) is 12.8 Å². The molecule has 0 bridgehead atoms. The molecule has 0 nitrogen and oxygen atoms in total. The van der Waals surface area contributed by atoms with Gasteiger partial charge >= 0.3 is 0 Å². The van der Waals surface area contributed by atoms with Gasteiger partial charge in [0.2, 0.25) is 0 Å². The number of allylic oxidation sites excluding steroid dienone is 2. The predicted octanol–water partition coefficient (Wildman–Crippen LogP) is 5.41. The van der Waals surface area contributed by atoms with Crippen molar-refractivity contribution in [3.05, 3.63) is 30.0 Å². The predicted molar refractivity (Wildman–Crippen MR) is 70.1 cm³/mol. The van der Waals surface area contributed by atoms with E-state index in [1.807, 2.05) is 6.08 Å². The molecular weight excluding hydrogens is 180 g/mol. The summed E-state index contributed by atoms with van der Waals surface area (Å²) in [5.74, 6) is 0. The lowest BCUT2D eigenvalue weighted by molar-refractivity contribution is 0.754. The minimum Gasteiger partial charge on any atom is -0.126 e. The average molecular weight is 206 g/mol. The molecule has 0 N–H and O–H groups in total. The maximum absolute atomic E-state index is 3.77. The molecule has 0 heterocycles. The highest BCUT2D eigenvalue weighted by molar-refractivity contribution is 5.03. The summed E-state index contributed by atoms with van der Waals surface area (Å²) in [5.41, 5.74) is 4.95. The van der Waals surface area contributed by atoms with Gasteiger partial charge in [0.1, 0.15) is 0 Å². The summed E-state index contributed by atoms with van der Waals surface area (Å²) in [7, 11) is 0. The highest BCUT2D eigenvalue weighted by Crippen LogP contribution is 2.12. The van der Waals surface area contributed by atoms with Crippen molar-refractivity contribution in [2.45, 2.75) is 65.2 Å². The van der Waals surface area contributed by atoms with Crippen LogP contribution in [0, 0.1) is 0 Å². The van der Waals surface area contributed by atoms with Crippen LogP contribution in [-0.4, -0.2) is 0 Å². The average Bonchev–Trinajstić information content (AvgIpc) is 2.27. The Morgan fingerprint density at radius 3 is 2.40 bits per heavy atom. The van der Waals surface area contributed by atoms with Crippen LogP contribution in [0.15, 0.2) is 30.0 Å². The van der Waals surface area contributed by atoms with E-state index in [4.69, 9.17) is 0 Å². The summed E-state index contributed by atoms with van der Waals surface area (Å²) in [6.07, 6.45) is 14.0. The largest absolute Gasteiger partial charge is 0.126 e. The fourth-order valence-corrected chi connectivity index (χ4v) is 1.46. The Balaban J connectivity index is 4.05. The van der Waals surface area contributed by atoms with E-state index in [1.54, 1.807) is 0 Å². The summed E-state index contributed by atoms with van der Waals surface area (Å²) in [6.45, 7) is 8.24. The quantitative estimate of drug-likeness (QED) is 0.269. The third kappa shape index (κ3) is 9.56. The van der Waals surface area contributed by atoms with Crippen LogP contribution in [0.25, 0.3) is 0 Å². The summed E-state index contributed by atoms with van der Waals surface area (Å²) in [5, 5.41) is 0. The highest BCUT2D eigenvalue weighted by Gasteiger charge is 1.94. The van der Waals surface area contributed by atoms with E-state index >= 15 is 0 Å². The third-order valence-corrected chi connectivity index (χ3v) is 2.49. The molecule has 0 saturated carbocycles. The third-order valence-electron chi connectivity index (χ3n) is 2.49. The first kappa shape index (κ1) is 14.3. The zero-order valence-corrected chi connectivity index (χ0v) is 10.5. The topological polar surface area (TPSA) is 0 Å². The van der Waals surface area contributed by atoms with Crippen LogP contribution < -0.4 is 0 Å². The molecule has 0 heteroatoms. The van der Waals surface area contributed by atoms with E-state index in [-0.39, 0.29) is 0 Å². The Morgan fingerprint density at radius 1 is 1.07 bits per heavy atom. The summed E-state index contributed by atoms with van der Waals surface area (Å²) < 4.78 is 0. The molecular formula is C15H26. The van der Waals surface area contributed by atoms with Crippen molar-refractivity contribution in [3.63, 3.8) is 0 Å². The van der Waals surface area contributed by atoms with Crippen LogP contribution >= 0.6 is 0 Å². The number of rotatable bonds is 9. The van der Waals surface area contributed by atoms with Gasteiger partial charge in [0.05, 0.1) is 0 Å². The van der Waals surface area contributed by atoms with Crippen molar-refractivity contribution in [1.29, 1.82) is 0 Å². The lowest BCUT2D eigenvalue weighted by Gasteiger charge is -2.01. The maximum atomic E-state index is 3.77. The lowest BCUT2D eigenvalue weighted by Crippen LogP contribution is -1.82. The van der Waals surface area contributed by atoms with E-state index in [9.17, 15) is 0 Å². The first-order valence-corrected chi connectivity index (χ1v) is 6.38. The van der Waals surface area contributed by atoms with E-state index in [1.165, 1.54) is 44.1 Å². The molecule has 0 aromatic rings. The van der Waals surface area contributed by atoms with E-state index < -0.39 is 0 Å². The molecule has 0 radical (unpaired) electrons. The Morgan fingerprint density at radius 2 is 1.80 bits per heavy atom. The fraction of sp³-hybridized carbons (Fsp3) is 0.667. The Labute approximate surface area is 95.8 Å². The van der Waals surface area contributed by atoms with Gasteiger partial charge in [0.25, 0.3) is 0 Å². The normalized spacial score (nSPS) is 9.47. The minimum atomic E-state index is 1.09. The molecule has 0 aromatic carbocycles. The zero-order valence-electron chi connectivity index (χ0n) is 10.5. The van der Waals surface area contributed by atoms with Crippen molar-refractivity contribution in [2.75, 3.05) is 0 Å². The molecule has 0 atom stereocenters. The van der Waals surface area contributed by atoms with Gasteiger partial charge in [-0.25, -0.2) is 0 Å². The number of hydrogen-bond donors (Lipinski definition) is 0. The molecule has 0 spiro atoms. The molecule has 0 aliphatic rings. The first-order valence-electron chi connectivity index (χ1n) is 6.38.